The highest BCUT2D eigenvalue weighted by Crippen LogP contribution is 2.46. The highest BCUT2D eigenvalue weighted by Gasteiger charge is 2.48. The number of halogens is 1. The molecule has 0 aromatic heterocycles. The molecular weight excluding hydrogens is 389 g/mol. The Hall–Kier alpha value is -2.20. The summed E-state index contributed by atoms with van der Waals surface area (Å²) in [4.78, 5) is 27.8. The van der Waals surface area contributed by atoms with Crippen LogP contribution in [0.3, 0.4) is 0 Å². The number of nitrogens with one attached hydrogen (secondary N) is 1. The van der Waals surface area contributed by atoms with Crippen molar-refractivity contribution < 1.29 is 28.8 Å². The number of thioether (sulfide) groups is 1. The van der Waals surface area contributed by atoms with Gasteiger partial charge in [-0.05, 0) is 26.8 Å². The lowest BCUT2D eigenvalue weighted by molar-refractivity contribution is -0.729. The van der Waals surface area contributed by atoms with Crippen LogP contribution >= 0.6 is 11.8 Å². The van der Waals surface area contributed by atoms with Crippen molar-refractivity contribution in [1.29, 1.82) is 0 Å². The van der Waals surface area contributed by atoms with Crippen LogP contribution in [0.15, 0.2) is 23.2 Å². The summed E-state index contributed by atoms with van der Waals surface area (Å²) in [6, 6.07) is 3.62. The van der Waals surface area contributed by atoms with Gasteiger partial charge in [0.25, 0.3) is 4.92 Å². The molecule has 1 aromatic rings. The number of ether oxygens (including phenoxy) is 2. The first-order chi connectivity index (χ1) is 13.1. The maximum atomic E-state index is 14.8. The van der Waals surface area contributed by atoms with Crippen LogP contribution in [0.4, 0.5) is 14.9 Å². The first-order valence-electron chi connectivity index (χ1n) is 8.87. The van der Waals surface area contributed by atoms with Gasteiger partial charge in [0.05, 0.1) is 17.1 Å². The summed E-state index contributed by atoms with van der Waals surface area (Å²) in [6.07, 6.45) is -0.266. The number of nitrogens with zero attached hydrogens (tertiary/aromatic N) is 2. The van der Waals surface area contributed by atoms with E-state index in [1.54, 1.807) is 20.8 Å². The Labute approximate surface area is 166 Å². The first-order valence-corrected chi connectivity index (χ1v) is 9.86. The van der Waals surface area contributed by atoms with Crippen molar-refractivity contribution in [3.63, 3.8) is 0 Å². The number of hydrogen-bond acceptors (Lipinski definition) is 6. The zero-order valence-corrected chi connectivity index (χ0v) is 16.7. The number of carbonyl (C=O) groups excluding carboxylic acids is 1. The normalized spacial score (nSPS) is 24.7. The SMILES string of the molecule is CC(C)(C)OC(=O)NC1=N[C@@]2(c3cc([N+](=O)O)ccc3F)CCOC[C@H]2CS1. The number of rotatable bonds is 2. The molecule has 1 saturated heterocycles. The van der Waals surface area contributed by atoms with Crippen LogP contribution in [0, 0.1) is 16.6 Å². The number of amidine groups is 1. The van der Waals surface area contributed by atoms with Crippen LogP contribution in [-0.4, -0.2) is 46.0 Å². The fourth-order valence-corrected chi connectivity index (χ4v) is 4.47. The number of aliphatic imine (C=N–C) groups is 1. The van der Waals surface area contributed by atoms with Gasteiger partial charge in [0.15, 0.2) is 5.17 Å². The predicted molar refractivity (Wildman–Crippen MR) is 101 cm³/mol. The first kappa shape index (κ1) is 20.5. The molecule has 1 aromatic carbocycles. The molecule has 2 N–H and O–H groups in total. The van der Waals surface area contributed by atoms with Crippen molar-refractivity contribution in [1.82, 2.24) is 5.32 Å². The smallest absolute Gasteiger partial charge is 0.413 e. The third-order valence-electron chi connectivity index (χ3n) is 4.59. The summed E-state index contributed by atoms with van der Waals surface area (Å²) in [5.74, 6) is -0.151. The van der Waals surface area contributed by atoms with Gasteiger partial charge < -0.3 is 9.47 Å². The fourth-order valence-electron chi connectivity index (χ4n) is 3.36. The molecule has 1 amide bonds. The molecule has 152 valence electrons. The van der Waals surface area contributed by atoms with Crippen LogP contribution in [-0.2, 0) is 15.0 Å². The molecule has 3 rings (SSSR count). The van der Waals surface area contributed by atoms with Crippen molar-refractivity contribution in [2.75, 3.05) is 19.0 Å². The van der Waals surface area contributed by atoms with Gasteiger partial charge in [-0.1, -0.05) is 11.8 Å². The van der Waals surface area contributed by atoms with Crippen LogP contribution in [0.2, 0.25) is 0 Å². The Kier molecular flexibility index (Phi) is 5.62. The van der Waals surface area contributed by atoms with Crippen molar-refractivity contribution in [2.45, 2.75) is 38.3 Å². The number of amides is 1. The fraction of sp³-hybridized carbons (Fsp3) is 0.556. The average Bonchev–Trinajstić information content (AvgIpc) is 2.59. The van der Waals surface area contributed by atoms with Gasteiger partial charge in [0.2, 0.25) is 0 Å². The molecule has 0 radical (unpaired) electrons. The van der Waals surface area contributed by atoms with Gasteiger partial charge in [0, 0.05) is 42.4 Å². The lowest BCUT2D eigenvalue weighted by Gasteiger charge is -2.44. The summed E-state index contributed by atoms with van der Waals surface area (Å²) >= 11 is 1.33. The molecule has 0 aliphatic carbocycles. The van der Waals surface area contributed by atoms with Gasteiger partial charge in [-0.25, -0.2) is 14.4 Å². The highest BCUT2D eigenvalue weighted by atomic mass is 32.2. The maximum absolute atomic E-state index is 14.8. The van der Waals surface area contributed by atoms with E-state index in [-0.39, 0.29) is 22.1 Å². The summed E-state index contributed by atoms with van der Waals surface area (Å²) in [5.41, 5.74) is -1.57. The minimum atomic E-state index is -1.01. The average molecular weight is 412 g/mol. The molecule has 1 fully saturated rings. The zero-order valence-electron chi connectivity index (χ0n) is 15.9. The van der Waals surface area contributed by atoms with E-state index < -0.39 is 23.1 Å². The predicted octanol–water partition coefficient (Wildman–Crippen LogP) is 3.48. The summed E-state index contributed by atoms with van der Waals surface area (Å²) in [6.45, 7) is 5.99. The Morgan fingerprint density at radius 2 is 2.25 bits per heavy atom. The van der Waals surface area contributed by atoms with E-state index in [9.17, 15) is 19.3 Å². The van der Waals surface area contributed by atoms with E-state index in [0.29, 0.717) is 30.6 Å². The standard InChI is InChI=1S/C18H22FN3O5S/c1-17(2,3)27-16(23)20-15-21-18(6-7-26-9-11(18)10-28-15)13-8-12(22(24)25)4-5-14(13)19/h4-5,8,11H,6-7,9-10H2,1-3H3,(H-,20,21,23,24,25)/p+1/t11-,18-/m0/s1. The minimum absolute atomic E-state index is 0.0916. The van der Waals surface area contributed by atoms with Crippen molar-refractivity contribution in [3.05, 3.63) is 34.5 Å². The Morgan fingerprint density at radius 1 is 1.50 bits per heavy atom. The number of benzene rings is 1. The van der Waals surface area contributed by atoms with Gasteiger partial charge in [-0.2, -0.15) is 0 Å². The lowest BCUT2D eigenvalue weighted by Crippen LogP contribution is -2.48. The van der Waals surface area contributed by atoms with E-state index in [1.165, 1.54) is 23.9 Å². The molecule has 2 aliphatic rings. The second kappa shape index (κ2) is 7.67. The molecule has 2 heterocycles. The number of carbonyl (C=O) groups is 1. The zero-order chi connectivity index (χ0) is 20.5. The Morgan fingerprint density at radius 3 is 2.93 bits per heavy atom. The van der Waals surface area contributed by atoms with E-state index in [0.717, 1.165) is 6.07 Å². The molecule has 2 atom stereocenters. The van der Waals surface area contributed by atoms with Gasteiger partial charge >= 0.3 is 11.8 Å². The summed E-state index contributed by atoms with van der Waals surface area (Å²) in [5, 5.41) is 12.2. The van der Waals surface area contributed by atoms with Crippen molar-refractivity contribution >= 4 is 28.7 Å². The Balaban J connectivity index is 2.00. The van der Waals surface area contributed by atoms with E-state index in [1.807, 2.05) is 0 Å². The third kappa shape index (κ3) is 4.27. The quantitative estimate of drug-likeness (QED) is 0.722. The third-order valence-corrected chi connectivity index (χ3v) is 5.63. The molecule has 0 bridgehead atoms. The molecule has 0 saturated carbocycles. The van der Waals surface area contributed by atoms with E-state index in [4.69, 9.17) is 9.47 Å². The van der Waals surface area contributed by atoms with Crippen LogP contribution in [0.5, 0.6) is 0 Å². The molecule has 0 unspecified atom stereocenters. The highest BCUT2D eigenvalue weighted by molar-refractivity contribution is 8.13. The largest absolute Gasteiger partial charge is 0.444 e. The van der Waals surface area contributed by atoms with Crippen molar-refractivity contribution in [2.24, 2.45) is 10.9 Å². The van der Waals surface area contributed by atoms with Gasteiger partial charge in [0.1, 0.15) is 11.4 Å². The molecule has 28 heavy (non-hydrogen) atoms. The molecular formula is C18H23FN3O5S+. The molecule has 8 nitrogen and oxygen atoms in total. The van der Waals surface area contributed by atoms with Gasteiger partial charge in [-0.15, -0.1) is 0 Å². The summed E-state index contributed by atoms with van der Waals surface area (Å²) in [7, 11) is 0. The van der Waals surface area contributed by atoms with E-state index >= 15 is 0 Å². The molecule has 0 spiro atoms. The molecule has 10 heteroatoms. The van der Waals surface area contributed by atoms with Crippen molar-refractivity contribution in [3.8, 4) is 0 Å². The second-order valence-corrected chi connectivity index (χ2v) is 8.75. The second-order valence-electron chi connectivity index (χ2n) is 7.74. The van der Waals surface area contributed by atoms with Crippen LogP contribution in [0.25, 0.3) is 0 Å². The summed E-state index contributed by atoms with van der Waals surface area (Å²) < 4.78 is 25.6. The van der Waals surface area contributed by atoms with Crippen LogP contribution < -0.4 is 5.32 Å². The van der Waals surface area contributed by atoms with Gasteiger partial charge in [-0.3, -0.25) is 10.3 Å². The number of hydrogen-bond donors (Lipinski definition) is 2. The van der Waals surface area contributed by atoms with E-state index in [2.05, 4.69) is 10.3 Å². The Bertz CT molecular complexity index is 826. The number of fused-ring (bicyclic) bond motifs is 1. The lowest BCUT2D eigenvalue weighted by atomic mass is 9.75. The monoisotopic (exact) mass is 412 g/mol. The minimum Gasteiger partial charge on any atom is -0.444 e. The van der Waals surface area contributed by atoms with Crippen LogP contribution in [0.1, 0.15) is 32.8 Å². The number of alkyl carbamates (subject to hydrolysis) is 1. The molecule has 2 aliphatic heterocycles. The maximum Gasteiger partial charge on any atom is 0.413 e. The topological polar surface area (TPSA) is 100 Å².